The molecule has 1 N–H and O–H groups in total. The van der Waals surface area contributed by atoms with Gasteiger partial charge in [-0.2, -0.15) is 0 Å². The van der Waals surface area contributed by atoms with Crippen molar-refractivity contribution < 1.29 is 19.4 Å². The maximum absolute atomic E-state index is 12.3. The van der Waals surface area contributed by atoms with E-state index in [-0.39, 0.29) is 23.4 Å². The molecule has 0 saturated carbocycles. The van der Waals surface area contributed by atoms with Crippen molar-refractivity contribution in [3.8, 4) is 0 Å². The minimum Gasteiger partial charge on any atom is -0.459 e. The van der Waals surface area contributed by atoms with Crippen molar-refractivity contribution in [2.45, 2.75) is 96.1 Å². The molecular weight excluding hydrogens is 304 g/mol. The summed E-state index contributed by atoms with van der Waals surface area (Å²) in [6.07, 6.45) is 8.44. The maximum atomic E-state index is 12.3. The number of hydrogen-bond donors (Lipinski definition) is 1. The Kier molecular flexibility index (Phi) is 4.82. The van der Waals surface area contributed by atoms with E-state index in [1.54, 1.807) is 0 Å². The summed E-state index contributed by atoms with van der Waals surface area (Å²) in [6.45, 7) is 8.12. The Morgan fingerprint density at radius 3 is 2.71 bits per heavy atom. The average Bonchev–Trinajstić information content (AvgIpc) is 3.16. The van der Waals surface area contributed by atoms with E-state index in [1.807, 2.05) is 13.8 Å². The summed E-state index contributed by atoms with van der Waals surface area (Å²) in [5, 5.41) is 10.9. The Balaban J connectivity index is 1.78. The molecule has 0 spiro atoms. The number of epoxide rings is 1. The van der Waals surface area contributed by atoms with Crippen LogP contribution in [0.25, 0.3) is 0 Å². The molecule has 0 aromatic carbocycles. The third-order valence-corrected chi connectivity index (χ3v) is 6.54. The van der Waals surface area contributed by atoms with Crippen molar-refractivity contribution in [1.82, 2.24) is 0 Å². The van der Waals surface area contributed by atoms with Gasteiger partial charge in [0.05, 0.1) is 23.2 Å². The Hall–Kier alpha value is -0.870. The van der Waals surface area contributed by atoms with Crippen molar-refractivity contribution >= 4 is 5.97 Å². The molecule has 2 bridgehead atoms. The molecule has 2 fully saturated rings. The lowest BCUT2D eigenvalue weighted by Gasteiger charge is -2.40. The van der Waals surface area contributed by atoms with Gasteiger partial charge in [0.1, 0.15) is 6.10 Å². The minimum atomic E-state index is -0.961. The monoisotopic (exact) mass is 336 g/mol. The highest BCUT2D eigenvalue weighted by molar-refractivity contribution is 5.73. The van der Waals surface area contributed by atoms with Gasteiger partial charge in [-0.3, -0.25) is 4.79 Å². The van der Waals surface area contributed by atoms with Crippen LogP contribution in [0, 0.1) is 11.8 Å². The molecule has 4 heteroatoms. The van der Waals surface area contributed by atoms with E-state index in [2.05, 4.69) is 19.9 Å². The number of carbonyl (C=O) groups is 1. The predicted octanol–water partition coefficient (Wildman–Crippen LogP) is 3.76. The first-order valence-corrected chi connectivity index (χ1v) is 9.47. The summed E-state index contributed by atoms with van der Waals surface area (Å²) in [5.41, 5.74) is 0.369. The number of aliphatic hydroxyl groups is 1. The summed E-state index contributed by atoms with van der Waals surface area (Å²) < 4.78 is 11.6. The number of rotatable bonds is 0. The summed E-state index contributed by atoms with van der Waals surface area (Å²) in [4.78, 5) is 12.3. The number of hydrogen-bond acceptors (Lipinski definition) is 4. The predicted molar refractivity (Wildman–Crippen MR) is 92.5 cm³/mol. The van der Waals surface area contributed by atoms with Gasteiger partial charge in [-0.25, -0.2) is 0 Å². The average molecular weight is 336 g/mol. The number of carbonyl (C=O) groups excluding carboxylic acids is 1. The topological polar surface area (TPSA) is 59.1 Å². The quantitative estimate of drug-likeness (QED) is 0.416. The molecule has 0 aromatic heterocycles. The Morgan fingerprint density at radius 1 is 1.21 bits per heavy atom. The Morgan fingerprint density at radius 2 is 1.96 bits per heavy atom. The standard InChI is InChI=1S/C20H32O4/c1-13-6-5-10-19(3,22)17-12-15(14(2)18(21)23-17)9-11-20(4)16(24-20)8-7-13/h6,14-17,22H,5,7-12H2,1-4H3/b13-6+/t14-,15-,16-,17+,19-,20+/m0/s1. The second-order valence-corrected chi connectivity index (χ2v) is 8.65. The molecule has 4 nitrogen and oxygen atoms in total. The smallest absolute Gasteiger partial charge is 0.309 e. The summed E-state index contributed by atoms with van der Waals surface area (Å²) in [7, 11) is 0. The molecule has 2 heterocycles. The number of esters is 1. The molecule has 3 rings (SSSR count). The molecule has 2 saturated heterocycles. The van der Waals surface area contributed by atoms with Crippen molar-refractivity contribution in [3.63, 3.8) is 0 Å². The van der Waals surface area contributed by atoms with Crippen LogP contribution in [0.5, 0.6) is 0 Å². The van der Waals surface area contributed by atoms with Crippen LogP contribution in [-0.2, 0) is 14.3 Å². The zero-order chi connectivity index (χ0) is 17.5. The maximum Gasteiger partial charge on any atom is 0.309 e. The van der Waals surface area contributed by atoms with Crippen LogP contribution < -0.4 is 0 Å². The van der Waals surface area contributed by atoms with Crippen molar-refractivity contribution in [2.75, 3.05) is 0 Å². The largest absolute Gasteiger partial charge is 0.459 e. The van der Waals surface area contributed by atoms with Crippen LogP contribution in [0.15, 0.2) is 11.6 Å². The number of ether oxygens (including phenoxy) is 2. The van der Waals surface area contributed by atoms with Gasteiger partial charge in [-0.15, -0.1) is 0 Å². The third-order valence-electron chi connectivity index (χ3n) is 6.54. The first kappa shape index (κ1) is 17.9. The van der Waals surface area contributed by atoms with Gasteiger partial charge in [0.2, 0.25) is 0 Å². The molecule has 6 atom stereocenters. The van der Waals surface area contributed by atoms with Gasteiger partial charge in [-0.1, -0.05) is 18.6 Å². The second-order valence-electron chi connectivity index (χ2n) is 8.65. The molecule has 0 radical (unpaired) electrons. The minimum absolute atomic E-state index is 0.0243. The molecule has 2 aliphatic heterocycles. The second kappa shape index (κ2) is 6.45. The zero-order valence-corrected chi connectivity index (χ0v) is 15.5. The molecule has 3 aliphatic rings. The molecule has 136 valence electrons. The summed E-state index contributed by atoms with van der Waals surface area (Å²) >= 11 is 0. The van der Waals surface area contributed by atoms with E-state index >= 15 is 0 Å². The molecule has 0 unspecified atom stereocenters. The van der Waals surface area contributed by atoms with Gasteiger partial charge in [-0.05, 0) is 71.6 Å². The highest BCUT2D eigenvalue weighted by Gasteiger charge is 2.52. The van der Waals surface area contributed by atoms with Crippen molar-refractivity contribution in [2.24, 2.45) is 11.8 Å². The van der Waals surface area contributed by atoms with Crippen LogP contribution in [0.4, 0.5) is 0 Å². The van der Waals surface area contributed by atoms with Gasteiger partial charge in [0.15, 0.2) is 0 Å². The van der Waals surface area contributed by atoms with Gasteiger partial charge in [0.25, 0.3) is 0 Å². The van der Waals surface area contributed by atoms with E-state index < -0.39 is 11.7 Å². The zero-order valence-electron chi connectivity index (χ0n) is 15.5. The fraction of sp³-hybridized carbons (Fsp3) is 0.850. The van der Waals surface area contributed by atoms with E-state index in [9.17, 15) is 9.90 Å². The fourth-order valence-corrected chi connectivity index (χ4v) is 4.30. The van der Waals surface area contributed by atoms with Crippen LogP contribution in [-0.4, -0.2) is 34.5 Å². The van der Waals surface area contributed by atoms with Gasteiger partial charge in [0, 0.05) is 0 Å². The molecule has 0 amide bonds. The Labute approximate surface area is 145 Å². The molecule has 24 heavy (non-hydrogen) atoms. The van der Waals surface area contributed by atoms with E-state index in [0.29, 0.717) is 12.5 Å². The van der Waals surface area contributed by atoms with E-state index in [1.165, 1.54) is 5.57 Å². The van der Waals surface area contributed by atoms with Crippen molar-refractivity contribution in [3.05, 3.63) is 11.6 Å². The lowest BCUT2D eigenvalue weighted by molar-refractivity contribution is -0.184. The molecule has 0 aromatic rings. The number of allylic oxidation sites excluding steroid dienone is 2. The van der Waals surface area contributed by atoms with Crippen LogP contribution in [0.2, 0.25) is 0 Å². The summed E-state index contributed by atoms with van der Waals surface area (Å²) in [5.74, 6) is 0.0197. The van der Waals surface area contributed by atoms with Crippen LogP contribution in [0.3, 0.4) is 0 Å². The van der Waals surface area contributed by atoms with Crippen molar-refractivity contribution in [1.29, 1.82) is 0 Å². The van der Waals surface area contributed by atoms with Gasteiger partial charge >= 0.3 is 5.97 Å². The fourth-order valence-electron chi connectivity index (χ4n) is 4.30. The SMILES string of the molecule is C/C1=C\CC[C@](C)(O)[C@H]2C[C@H](CC[C@@]3(C)O[C@H]3CC1)[C@H](C)C(=O)O2. The van der Waals surface area contributed by atoms with Gasteiger partial charge < -0.3 is 14.6 Å². The highest BCUT2D eigenvalue weighted by Crippen LogP contribution is 2.46. The van der Waals surface area contributed by atoms with Crippen LogP contribution in [0.1, 0.15) is 72.6 Å². The summed E-state index contributed by atoms with van der Waals surface area (Å²) in [6, 6.07) is 0. The normalized spacial score (nSPS) is 49.2. The highest BCUT2D eigenvalue weighted by atomic mass is 16.6. The Bertz CT molecular complexity index is 524. The lowest BCUT2D eigenvalue weighted by Crippen LogP contribution is -2.49. The lowest BCUT2D eigenvalue weighted by atomic mass is 9.76. The first-order chi connectivity index (χ1) is 11.2. The molecule has 1 aliphatic carbocycles. The first-order valence-electron chi connectivity index (χ1n) is 9.47. The van der Waals surface area contributed by atoms with E-state index in [0.717, 1.165) is 38.5 Å². The molecular formula is C20H32O4. The third kappa shape index (κ3) is 3.70. The number of fused-ring (bicyclic) bond motifs is 3. The van der Waals surface area contributed by atoms with E-state index in [4.69, 9.17) is 9.47 Å². The van der Waals surface area contributed by atoms with Crippen LogP contribution >= 0.6 is 0 Å².